The van der Waals surface area contributed by atoms with Crippen LogP contribution in [0.25, 0.3) is 0 Å². The lowest BCUT2D eigenvalue weighted by Crippen LogP contribution is -2.42. The summed E-state index contributed by atoms with van der Waals surface area (Å²) in [6.45, 7) is 4.88. The fourth-order valence-electron chi connectivity index (χ4n) is 3.19. The summed E-state index contributed by atoms with van der Waals surface area (Å²) >= 11 is 0. The number of ether oxygens (including phenoxy) is 1. The first kappa shape index (κ1) is 16.4. The largest absolute Gasteiger partial charge is 0.466 e. The fraction of sp³-hybridized carbons (Fsp3) is 0.562. The smallest absolute Gasteiger partial charge is 0.410 e. The second-order valence-corrected chi connectivity index (χ2v) is 6.20. The molecule has 8 heteroatoms. The zero-order valence-electron chi connectivity index (χ0n) is 13.8. The standard InChI is InChI=1S/C16H21N3O5/c1-10-3-4-14(24-10)12-7-19(8-13(12)17-11(2)20)15(21)9-18-5-6-23-16(18)22/h3-4,12-13H,5-9H2,1-2H3,(H,17,20)/t12-,13-/m1/s1. The molecule has 1 N–H and O–H groups in total. The van der Waals surface area contributed by atoms with E-state index < -0.39 is 6.09 Å². The number of aryl methyl sites for hydroxylation is 1. The van der Waals surface area contributed by atoms with Crippen molar-refractivity contribution >= 4 is 17.9 Å². The van der Waals surface area contributed by atoms with Gasteiger partial charge >= 0.3 is 6.09 Å². The Morgan fingerprint density at radius 2 is 2.12 bits per heavy atom. The quantitative estimate of drug-likeness (QED) is 0.863. The van der Waals surface area contributed by atoms with Crippen LogP contribution in [0.5, 0.6) is 0 Å². The van der Waals surface area contributed by atoms with E-state index in [2.05, 4.69) is 5.32 Å². The van der Waals surface area contributed by atoms with Gasteiger partial charge in [0, 0.05) is 20.0 Å². The van der Waals surface area contributed by atoms with Crippen LogP contribution in [0.1, 0.15) is 24.4 Å². The molecule has 0 spiro atoms. The van der Waals surface area contributed by atoms with E-state index >= 15 is 0 Å². The van der Waals surface area contributed by atoms with Crippen LogP contribution >= 0.6 is 0 Å². The van der Waals surface area contributed by atoms with Gasteiger partial charge in [0.05, 0.1) is 18.5 Å². The predicted octanol–water partition coefficient (Wildman–Crippen LogP) is 0.471. The molecule has 2 fully saturated rings. The maximum atomic E-state index is 12.5. The maximum absolute atomic E-state index is 12.5. The Bertz CT molecular complexity index is 656. The van der Waals surface area contributed by atoms with Crippen molar-refractivity contribution in [2.45, 2.75) is 25.8 Å². The molecule has 2 aliphatic rings. The van der Waals surface area contributed by atoms with Gasteiger partial charge in [-0.15, -0.1) is 0 Å². The Hall–Kier alpha value is -2.51. The average molecular weight is 335 g/mol. The van der Waals surface area contributed by atoms with Crippen molar-refractivity contribution in [1.29, 1.82) is 0 Å². The van der Waals surface area contributed by atoms with Crippen LogP contribution in [0.3, 0.4) is 0 Å². The lowest BCUT2D eigenvalue weighted by Gasteiger charge is -2.19. The number of carbonyl (C=O) groups excluding carboxylic acids is 3. The summed E-state index contributed by atoms with van der Waals surface area (Å²) in [5, 5.41) is 2.89. The highest BCUT2D eigenvalue weighted by atomic mass is 16.6. The topological polar surface area (TPSA) is 92.1 Å². The van der Waals surface area contributed by atoms with Gasteiger partial charge in [0.2, 0.25) is 11.8 Å². The molecule has 0 radical (unpaired) electrons. The van der Waals surface area contributed by atoms with Crippen LogP contribution in [0, 0.1) is 6.92 Å². The van der Waals surface area contributed by atoms with Gasteiger partial charge in [-0.3, -0.25) is 14.5 Å². The van der Waals surface area contributed by atoms with Gasteiger partial charge in [-0.2, -0.15) is 0 Å². The second kappa shape index (κ2) is 6.54. The van der Waals surface area contributed by atoms with Crippen LogP contribution in [-0.2, 0) is 14.3 Å². The monoisotopic (exact) mass is 335 g/mol. The van der Waals surface area contributed by atoms with E-state index in [-0.39, 0.29) is 30.3 Å². The number of nitrogens with one attached hydrogen (secondary N) is 1. The zero-order chi connectivity index (χ0) is 17.3. The van der Waals surface area contributed by atoms with Gasteiger partial charge in [0.25, 0.3) is 0 Å². The molecule has 0 aromatic carbocycles. The van der Waals surface area contributed by atoms with Crippen LogP contribution in [0.4, 0.5) is 4.79 Å². The first-order valence-corrected chi connectivity index (χ1v) is 7.97. The van der Waals surface area contributed by atoms with E-state index in [0.29, 0.717) is 26.2 Å². The van der Waals surface area contributed by atoms with Crippen LogP contribution < -0.4 is 5.32 Å². The SMILES string of the molecule is CC(=O)N[C@@H]1CN(C(=O)CN2CCOC2=O)C[C@H]1c1ccc(C)o1. The van der Waals surface area contributed by atoms with Crippen LogP contribution in [-0.4, -0.2) is 66.5 Å². The highest BCUT2D eigenvalue weighted by Gasteiger charge is 2.39. The van der Waals surface area contributed by atoms with Crippen LogP contribution in [0.2, 0.25) is 0 Å². The number of carbonyl (C=O) groups is 3. The number of cyclic esters (lactones) is 1. The molecular formula is C16H21N3O5. The molecule has 0 saturated carbocycles. The second-order valence-electron chi connectivity index (χ2n) is 6.20. The predicted molar refractivity (Wildman–Crippen MR) is 83.3 cm³/mol. The summed E-state index contributed by atoms with van der Waals surface area (Å²) in [6, 6.07) is 3.54. The number of likely N-dealkylation sites (tertiary alicyclic amines) is 1. The van der Waals surface area contributed by atoms with Gasteiger partial charge in [-0.05, 0) is 19.1 Å². The Kier molecular flexibility index (Phi) is 4.46. The minimum atomic E-state index is -0.459. The summed E-state index contributed by atoms with van der Waals surface area (Å²) in [5.41, 5.74) is 0. The molecule has 3 rings (SSSR count). The first-order valence-electron chi connectivity index (χ1n) is 7.97. The van der Waals surface area contributed by atoms with E-state index in [1.54, 1.807) is 4.90 Å². The molecule has 1 aromatic rings. The molecule has 2 atom stereocenters. The lowest BCUT2D eigenvalue weighted by molar-refractivity contribution is -0.131. The molecule has 3 heterocycles. The van der Waals surface area contributed by atoms with Gasteiger partial charge in [-0.25, -0.2) is 4.79 Å². The lowest BCUT2D eigenvalue weighted by atomic mass is 10.0. The molecule has 0 aliphatic carbocycles. The summed E-state index contributed by atoms with van der Waals surface area (Å²) in [4.78, 5) is 38.5. The first-order chi connectivity index (χ1) is 11.4. The number of hydrogen-bond acceptors (Lipinski definition) is 5. The van der Waals surface area contributed by atoms with E-state index in [4.69, 9.17) is 9.15 Å². The van der Waals surface area contributed by atoms with Crippen molar-refractivity contribution in [3.8, 4) is 0 Å². The van der Waals surface area contributed by atoms with Crippen LogP contribution in [0.15, 0.2) is 16.5 Å². The molecule has 2 aliphatic heterocycles. The molecule has 8 nitrogen and oxygen atoms in total. The molecule has 0 unspecified atom stereocenters. The molecule has 0 bridgehead atoms. The summed E-state index contributed by atoms with van der Waals surface area (Å²) in [6.07, 6.45) is -0.459. The molecule has 130 valence electrons. The number of furan rings is 1. The highest BCUT2D eigenvalue weighted by molar-refractivity contribution is 5.83. The zero-order valence-corrected chi connectivity index (χ0v) is 13.8. The minimum Gasteiger partial charge on any atom is -0.466 e. The summed E-state index contributed by atoms with van der Waals surface area (Å²) in [5.74, 6) is 1.14. The molecule has 3 amide bonds. The Balaban J connectivity index is 1.70. The molecule has 2 saturated heterocycles. The van der Waals surface area contributed by atoms with E-state index in [0.717, 1.165) is 11.5 Å². The Morgan fingerprint density at radius 3 is 2.71 bits per heavy atom. The Morgan fingerprint density at radius 1 is 1.33 bits per heavy atom. The van der Waals surface area contributed by atoms with Crippen molar-refractivity contribution in [2.24, 2.45) is 0 Å². The third-order valence-corrected chi connectivity index (χ3v) is 4.36. The minimum absolute atomic E-state index is 0.00444. The summed E-state index contributed by atoms with van der Waals surface area (Å²) < 4.78 is 10.5. The fourth-order valence-corrected chi connectivity index (χ4v) is 3.19. The van der Waals surface area contributed by atoms with Crippen molar-refractivity contribution < 1.29 is 23.5 Å². The normalized spacial score (nSPS) is 23.5. The van der Waals surface area contributed by atoms with Crippen molar-refractivity contribution in [3.63, 3.8) is 0 Å². The van der Waals surface area contributed by atoms with Gasteiger partial charge < -0.3 is 19.4 Å². The van der Waals surface area contributed by atoms with E-state index in [9.17, 15) is 14.4 Å². The number of hydrogen-bond donors (Lipinski definition) is 1. The third-order valence-electron chi connectivity index (χ3n) is 4.36. The highest BCUT2D eigenvalue weighted by Crippen LogP contribution is 2.29. The summed E-state index contributed by atoms with van der Waals surface area (Å²) in [7, 11) is 0. The van der Waals surface area contributed by atoms with Crippen molar-refractivity contribution in [3.05, 3.63) is 23.7 Å². The van der Waals surface area contributed by atoms with Gasteiger partial charge in [0.1, 0.15) is 24.7 Å². The maximum Gasteiger partial charge on any atom is 0.410 e. The van der Waals surface area contributed by atoms with Crippen molar-refractivity contribution in [2.75, 3.05) is 32.8 Å². The number of nitrogens with zero attached hydrogens (tertiary/aromatic N) is 2. The molecular weight excluding hydrogens is 314 g/mol. The van der Waals surface area contributed by atoms with Gasteiger partial charge in [0.15, 0.2) is 0 Å². The molecule has 1 aromatic heterocycles. The van der Waals surface area contributed by atoms with E-state index in [1.165, 1.54) is 11.8 Å². The van der Waals surface area contributed by atoms with Gasteiger partial charge in [-0.1, -0.05) is 0 Å². The van der Waals surface area contributed by atoms with E-state index in [1.807, 2.05) is 19.1 Å². The Labute approximate surface area is 139 Å². The average Bonchev–Trinajstić information content (AvgIpc) is 3.20. The number of amides is 3. The van der Waals surface area contributed by atoms with Crippen molar-refractivity contribution in [1.82, 2.24) is 15.1 Å². The number of rotatable bonds is 4. The third kappa shape index (κ3) is 3.37. The molecule has 24 heavy (non-hydrogen) atoms.